The molecule has 0 radical (unpaired) electrons. The molecule has 0 rings (SSSR count). The quantitative estimate of drug-likeness (QED) is 0.241. The summed E-state index contributed by atoms with van der Waals surface area (Å²) in [4.78, 5) is 0. The summed E-state index contributed by atoms with van der Waals surface area (Å²) in [6.07, 6.45) is 8.69. The van der Waals surface area contributed by atoms with Crippen LogP contribution in [0.1, 0.15) is 59.3 Å². The van der Waals surface area contributed by atoms with Gasteiger partial charge in [0.25, 0.3) is 0 Å². The molecule has 0 aromatic carbocycles. The average molecular weight is 307 g/mol. The fourth-order valence-electron chi connectivity index (χ4n) is 2.58. The molecular weight excluding hydrogens is 276 g/mol. The van der Waals surface area contributed by atoms with Gasteiger partial charge in [0, 0.05) is 5.33 Å². The van der Waals surface area contributed by atoms with Crippen molar-refractivity contribution in [3.63, 3.8) is 0 Å². The number of hydrogen-bond acceptors (Lipinski definition) is 0. The van der Waals surface area contributed by atoms with Gasteiger partial charge in [0.05, 0.1) is 8.07 Å². The van der Waals surface area contributed by atoms with Crippen LogP contribution in [0.25, 0.3) is 0 Å². The fraction of sp³-hybridized carbons (Fsp3) is 1.00. The van der Waals surface area contributed by atoms with E-state index in [9.17, 15) is 0 Å². The van der Waals surface area contributed by atoms with Crippen LogP contribution in [0.15, 0.2) is 0 Å². The highest BCUT2D eigenvalue weighted by Crippen LogP contribution is 2.27. The van der Waals surface area contributed by atoms with Crippen LogP contribution in [-0.2, 0) is 0 Å². The molecule has 0 unspecified atom stereocenters. The summed E-state index contributed by atoms with van der Waals surface area (Å²) in [7, 11) is -0.800. The third-order valence-electron chi connectivity index (χ3n) is 4.34. The zero-order chi connectivity index (χ0) is 12.3. The van der Waals surface area contributed by atoms with Crippen molar-refractivity contribution in [3.8, 4) is 0 Å². The molecule has 0 N–H and O–H groups in total. The Morgan fingerprint density at radius 1 is 0.688 bits per heavy atom. The van der Waals surface area contributed by atoms with Crippen molar-refractivity contribution < 1.29 is 0 Å². The molecule has 0 aliphatic heterocycles. The van der Waals surface area contributed by atoms with E-state index in [4.69, 9.17) is 0 Å². The summed E-state index contributed by atoms with van der Waals surface area (Å²) in [5.74, 6) is 0. The standard InChI is InChI=1S/C14H31BrSi/c1-4-16(5-2,6-3)14-12-10-8-7-9-11-13-15/h4-14H2,1-3H3. The maximum Gasteiger partial charge on any atom is 0.0527 e. The van der Waals surface area contributed by atoms with Crippen LogP contribution in [-0.4, -0.2) is 13.4 Å². The molecule has 0 atom stereocenters. The molecule has 0 bridgehead atoms. The van der Waals surface area contributed by atoms with Gasteiger partial charge < -0.3 is 0 Å². The molecule has 16 heavy (non-hydrogen) atoms. The summed E-state index contributed by atoms with van der Waals surface area (Å²) in [5.41, 5.74) is 0. The summed E-state index contributed by atoms with van der Waals surface area (Å²) in [6, 6.07) is 6.10. The second-order valence-electron chi connectivity index (χ2n) is 5.12. The molecule has 0 saturated heterocycles. The van der Waals surface area contributed by atoms with Gasteiger partial charge in [-0.15, -0.1) is 0 Å². The molecule has 2 heteroatoms. The van der Waals surface area contributed by atoms with Crippen molar-refractivity contribution in [1.29, 1.82) is 0 Å². The first-order valence-corrected chi connectivity index (χ1v) is 11.3. The van der Waals surface area contributed by atoms with Gasteiger partial charge in [0.15, 0.2) is 0 Å². The van der Waals surface area contributed by atoms with Crippen molar-refractivity contribution in [2.24, 2.45) is 0 Å². The molecule has 0 nitrogen and oxygen atoms in total. The first-order valence-electron chi connectivity index (χ1n) is 7.30. The molecule has 98 valence electrons. The summed E-state index contributed by atoms with van der Waals surface area (Å²) < 4.78 is 0. The van der Waals surface area contributed by atoms with Crippen LogP contribution in [0, 0.1) is 0 Å². The minimum Gasteiger partial charge on any atom is -0.0928 e. The van der Waals surface area contributed by atoms with E-state index in [-0.39, 0.29) is 0 Å². The van der Waals surface area contributed by atoms with Crippen LogP contribution in [0.3, 0.4) is 0 Å². The minimum absolute atomic E-state index is 0.800. The Morgan fingerprint density at radius 3 is 1.56 bits per heavy atom. The molecule has 0 fully saturated rings. The second-order valence-corrected chi connectivity index (χ2v) is 11.5. The Balaban J connectivity index is 3.48. The highest BCUT2D eigenvalue weighted by atomic mass is 79.9. The van der Waals surface area contributed by atoms with Crippen molar-refractivity contribution in [3.05, 3.63) is 0 Å². The van der Waals surface area contributed by atoms with E-state index < -0.39 is 8.07 Å². The van der Waals surface area contributed by atoms with E-state index >= 15 is 0 Å². The SMILES string of the molecule is CC[Si](CC)(CC)CCCCCCCCBr. The van der Waals surface area contributed by atoms with E-state index in [1.165, 1.54) is 62.0 Å². The third-order valence-corrected chi connectivity index (χ3v) is 10.8. The van der Waals surface area contributed by atoms with Crippen molar-refractivity contribution >= 4 is 24.0 Å². The zero-order valence-electron chi connectivity index (χ0n) is 11.7. The lowest BCUT2D eigenvalue weighted by molar-refractivity contribution is 0.624. The number of halogens is 1. The third kappa shape index (κ3) is 7.11. The molecule has 0 aliphatic rings. The number of hydrogen-bond donors (Lipinski definition) is 0. The topological polar surface area (TPSA) is 0 Å². The molecule has 0 saturated carbocycles. The molecule has 0 amide bonds. The van der Waals surface area contributed by atoms with Crippen molar-refractivity contribution in [2.45, 2.75) is 83.5 Å². The predicted molar refractivity (Wildman–Crippen MR) is 83.5 cm³/mol. The van der Waals surface area contributed by atoms with Gasteiger partial charge in [-0.3, -0.25) is 0 Å². The maximum absolute atomic E-state index is 3.49. The van der Waals surface area contributed by atoms with Crippen LogP contribution in [0.2, 0.25) is 24.2 Å². The van der Waals surface area contributed by atoms with Crippen LogP contribution >= 0.6 is 15.9 Å². The Hall–Kier alpha value is 0.697. The highest BCUT2D eigenvalue weighted by Gasteiger charge is 2.25. The summed E-state index contributed by atoms with van der Waals surface area (Å²) in [6.45, 7) is 7.28. The van der Waals surface area contributed by atoms with Crippen molar-refractivity contribution in [2.75, 3.05) is 5.33 Å². The van der Waals surface area contributed by atoms with Gasteiger partial charge in [0.2, 0.25) is 0 Å². The molecule has 0 aromatic heterocycles. The Labute approximate surface area is 113 Å². The normalized spacial score (nSPS) is 12.0. The second kappa shape index (κ2) is 10.8. The predicted octanol–water partition coefficient (Wildman–Crippen LogP) is 6.23. The Bertz CT molecular complexity index is 135. The minimum atomic E-state index is -0.800. The lowest BCUT2D eigenvalue weighted by Gasteiger charge is -2.28. The van der Waals surface area contributed by atoms with E-state index in [0.29, 0.717) is 0 Å². The smallest absolute Gasteiger partial charge is 0.0527 e. The van der Waals surface area contributed by atoms with E-state index in [1.807, 2.05) is 0 Å². The molecule has 0 aliphatic carbocycles. The lowest BCUT2D eigenvalue weighted by atomic mass is 10.1. The first kappa shape index (κ1) is 16.7. The number of unbranched alkanes of at least 4 members (excludes halogenated alkanes) is 5. The zero-order valence-corrected chi connectivity index (χ0v) is 14.2. The lowest BCUT2D eigenvalue weighted by Crippen LogP contribution is -2.30. The molecule has 0 heterocycles. The first-order chi connectivity index (χ1) is 7.74. The molecule has 0 spiro atoms. The fourth-order valence-corrected chi connectivity index (χ4v) is 6.54. The van der Waals surface area contributed by atoms with Crippen LogP contribution in [0.4, 0.5) is 0 Å². The van der Waals surface area contributed by atoms with Gasteiger partial charge >= 0.3 is 0 Å². The summed E-state index contributed by atoms with van der Waals surface area (Å²) in [5, 5.41) is 1.19. The number of alkyl halides is 1. The molecule has 0 aromatic rings. The largest absolute Gasteiger partial charge is 0.0928 e. The molecular formula is C14H31BrSi. The Morgan fingerprint density at radius 2 is 1.12 bits per heavy atom. The van der Waals surface area contributed by atoms with Gasteiger partial charge in [-0.2, -0.15) is 0 Å². The van der Waals surface area contributed by atoms with Crippen LogP contribution in [0.5, 0.6) is 0 Å². The van der Waals surface area contributed by atoms with E-state index in [0.717, 1.165) is 0 Å². The van der Waals surface area contributed by atoms with E-state index in [1.54, 1.807) is 6.04 Å². The van der Waals surface area contributed by atoms with Crippen LogP contribution < -0.4 is 0 Å². The Kier molecular flexibility index (Phi) is 11.3. The van der Waals surface area contributed by atoms with Gasteiger partial charge in [-0.25, -0.2) is 0 Å². The van der Waals surface area contributed by atoms with E-state index in [2.05, 4.69) is 36.7 Å². The average Bonchev–Trinajstić information content (AvgIpc) is 2.34. The van der Waals surface area contributed by atoms with Gasteiger partial charge in [-0.05, 0) is 6.42 Å². The summed E-state index contributed by atoms with van der Waals surface area (Å²) >= 11 is 3.49. The number of rotatable bonds is 11. The van der Waals surface area contributed by atoms with Gasteiger partial charge in [0.1, 0.15) is 0 Å². The van der Waals surface area contributed by atoms with Crippen molar-refractivity contribution in [1.82, 2.24) is 0 Å². The van der Waals surface area contributed by atoms with Gasteiger partial charge in [-0.1, -0.05) is 93.0 Å². The highest BCUT2D eigenvalue weighted by molar-refractivity contribution is 9.09. The maximum atomic E-state index is 3.49. The monoisotopic (exact) mass is 306 g/mol.